The van der Waals surface area contributed by atoms with Gasteiger partial charge in [0, 0.05) is 42.2 Å². The van der Waals surface area contributed by atoms with Crippen molar-refractivity contribution in [1.29, 1.82) is 0 Å². The molecule has 0 unspecified atom stereocenters. The van der Waals surface area contributed by atoms with Gasteiger partial charge in [-0.25, -0.2) is 9.78 Å². The van der Waals surface area contributed by atoms with Crippen LogP contribution in [0.2, 0.25) is 0 Å². The van der Waals surface area contributed by atoms with E-state index in [9.17, 15) is 9.59 Å². The van der Waals surface area contributed by atoms with Gasteiger partial charge in [0.1, 0.15) is 5.75 Å². The summed E-state index contributed by atoms with van der Waals surface area (Å²) in [5.74, 6) is 0.627. The largest absolute Gasteiger partial charge is 0.497 e. The molecule has 0 saturated heterocycles. The second-order valence-electron chi connectivity index (χ2n) is 6.88. The standard InChI is InChI=1S/C19H25N5O3S/c1-12(2)20-18(26)23-19-22-15-7-8-24(10-16(15)28-19)11-17(25)21-13-5-4-6-14(9-13)27-3/h4-6,9,12H,7-8,10-11H2,1-3H3,(H,21,25)(H2,20,22,23,26). The lowest BCUT2D eigenvalue weighted by Crippen LogP contribution is -2.36. The lowest BCUT2D eigenvalue weighted by atomic mass is 10.2. The number of amides is 3. The van der Waals surface area contributed by atoms with Gasteiger partial charge in [-0.15, -0.1) is 11.3 Å². The molecule has 3 rings (SSSR count). The van der Waals surface area contributed by atoms with Crippen LogP contribution < -0.4 is 20.7 Å². The minimum absolute atomic E-state index is 0.0631. The highest BCUT2D eigenvalue weighted by Gasteiger charge is 2.23. The van der Waals surface area contributed by atoms with Crippen molar-refractivity contribution in [2.24, 2.45) is 0 Å². The Hall–Kier alpha value is -2.65. The summed E-state index contributed by atoms with van der Waals surface area (Å²) in [6, 6.07) is 7.10. The fourth-order valence-corrected chi connectivity index (χ4v) is 3.98. The lowest BCUT2D eigenvalue weighted by molar-refractivity contribution is -0.117. The number of nitrogens with zero attached hydrogens (tertiary/aromatic N) is 2. The van der Waals surface area contributed by atoms with Gasteiger partial charge in [0.05, 0.1) is 19.3 Å². The Labute approximate surface area is 168 Å². The number of anilines is 2. The lowest BCUT2D eigenvalue weighted by Gasteiger charge is -2.25. The minimum Gasteiger partial charge on any atom is -0.497 e. The average Bonchev–Trinajstić information content (AvgIpc) is 3.02. The number of fused-ring (bicyclic) bond motifs is 1. The van der Waals surface area contributed by atoms with Gasteiger partial charge in [0.15, 0.2) is 5.13 Å². The third-order valence-electron chi connectivity index (χ3n) is 4.17. The molecule has 1 aromatic heterocycles. The van der Waals surface area contributed by atoms with Gasteiger partial charge < -0.3 is 15.4 Å². The van der Waals surface area contributed by atoms with Crippen LogP contribution in [0.4, 0.5) is 15.6 Å². The molecule has 3 N–H and O–H groups in total. The van der Waals surface area contributed by atoms with Crippen molar-refractivity contribution in [3.8, 4) is 5.75 Å². The van der Waals surface area contributed by atoms with Crippen LogP contribution in [0.25, 0.3) is 0 Å². The molecule has 0 radical (unpaired) electrons. The number of thiazole rings is 1. The predicted molar refractivity (Wildman–Crippen MR) is 110 cm³/mol. The molecule has 0 atom stereocenters. The molecule has 0 bridgehead atoms. The molecule has 1 aliphatic rings. The van der Waals surface area contributed by atoms with Crippen molar-refractivity contribution < 1.29 is 14.3 Å². The van der Waals surface area contributed by atoms with E-state index < -0.39 is 0 Å². The number of ether oxygens (including phenoxy) is 1. The van der Waals surface area contributed by atoms with Crippen LogP contribution in [-0.2, 0) is 17.8 Å². The molecule has 2 heterocycles. The number of carbonyl (C=O) groups excluding carboxylic acids is 2. The second-order valence-corrected chi connectivity index (χ2v) is 7.97. The van der Waals surface area contributed by atoms with Gasteiger partial charge in [-0.3, -0.25) is 15.0 Å². The number of hydrogen-bond acceptors (Lipinski definition) is 6. The number of rotatable bonds is 6. The van der Waals surface area contributed by atoms with Crippen molar-refractivity contribution >= 4 is 34.1 Å². The van der Waals surface area contributed by atoms with Gasteiger partial charge >= 0.3 is 6.03 Å². The Morgan fingerprint density at radius 2 is 2.14 bits per heavy atom. The van der Waals surface area contributed by atoms with Crippen LogP contribution in [0, 0.1) is 0 Å². The first-order valence-corrected chi connectivity index (χ1v) is 9.97. The summed E-state index contributed by atoms with van der Waals surface area (Å²) in [5, 5.41) is 9.05. The van der Waals surface area contributed by atoms with E-state index in [-0.39, 0.29) is 18.0 Å². The summed E-state index contributed by atoms with van der Waals surface area (Å²) in [6.45, 7) is 5.50. The molecule has 3 amide bonds. The molecule has 2 aromatic rings. The maximum Gasteiger partial charge on any atom is 0.321 e. The van der Waals surface area contributed by atoms with E-state index in [0.29, 0.717) is 29.7 Å². The van der Waals surface area contributed by atoms with Crippen molar-refractivity contribution in [2.75, 3.05) is 30.8 Å². The van der Waals surface area contributed by atoms with E-state index >= 15 is 0 Å². The Balaban J connectivity index is 1.54. The van der Waals surface area contributed by atoms with Gasteiger partial charge in [-0.1, -0.05) is 6.07 Å². The normalized spacial score (nSPS) is 13.7. The fraction of sp³-hybridized carbons (Fsp3) is 0.421. The topological polar surface area (TPSA) is 95.6 Å². The maximum atomic E-state index is 12.4. The Morgan fingerprint density at radius 3 is 2.89 bits per heavy atom. The summed E-state index contributed by atoms with van der Waals surface area (Å²) in [5.41, 5.74) is 1.71. The van der Waals surface area contributed by atoms with E-state index in [1.165, 1.54) is 11.3 Å². The second kappa shape index (κ2) is 9.03. The van der Waals surface area contributed by atoms with Crippen LogP contribution in [0.15, 0.2) is 24.3 Å². The third-order valence-corrected chi connectivity index (χ3v) is 5.17. The SMILES string of the molecule is COc1cccc(NC(=O)CN2CCc3nc(NC(=O)NC(C)C)sc3C2)c1. The zero-order valence-electron chi connectivity index (χ0n) is 16.2. The number of methoxy groups -OCH3 is 1. The van der Waals surface area contributed by atoms with Crippen molar-refractivity contribution in [3.05, 3.63) is 34.8 Å². The molecule has 8 nitrogen and oxygen atoms in total. The van der Waals surface area contributed by atoms with Crippen molar-refractivity contribution in [1.82, 2.24) is 15.2 Å². The van der Waals surface area contributed by atoms with Crippen LogP contribution in [0.3, 0.4) is 0 Å². The maximum absolute atomic E-state index is 12.4. The Bertz CT molecular complexity index is 852. The van der Waals surface area contributed by atoms with Gasteiger partial charge in [0.2, 0.25) is 5.91 Å². The summed E-state index contributed by atoms with van der Waals surface area (Å²) < 4.78 is 5.17. The highest BCUT2D eigenvalue weighted by molar-refractivity contribution is 7.15. The van der Waals surface area contributed by atoms with E-state index in [0.717, 1.165) is 23.5 Å². The van der Waals surface area contributed by atoms with Gasteiger partial charge in [-0.05, 0) is 26.0 Å². The molecular formula is C19H25N5O3S. The Kier molecular flexibility index (Phi) is 6.48. The number of urea groups is 1. The van der Waals surface area contributed by atoms with Crippen LogP contribution in [-0.4, -0.2) is 48.1 Å². The number of carbonyl (C=O) groups is 2. The van der Waals surface area contributed by atoms with Crippen LogP contribution in [0.5, 0.6) is 5.75 Å². The number of nitrogens with one attached hydrogen (secondary N) is 3. The van der Waals surface area contributed by atoms with E-state index in [2.05, 4.69) is 25.8 Å². The van der Waals surface area contributed by atoms with E-state index in [1.807, 2.05) is 32.0 Å². The smallest absolute Gasteiger partial charge is 0.321 e. The monoisotopic (exact) mass is 403 g/mol. The molecule has 1 aromatic carbocycles. The summed E-state index contributed by atoms with van der Waals surface area (Å²) >= 11 is 1.46. The van der Waals surface area contributed by atoms with Gasteiger partial charge in [0.25, 0.3) is 0 Å². The first-order chi connectivity index (χ1) is 13.4. The summed E-state index contributed by atoms with van der Waals surface area (Å²) in [4.78, 5) is 31.9. The van der Waals surface area contributed by atoms with Crippen molar-refractivity contribution in [2.45, 2.75) is 32.9 Å². The summed E-state index contributed by atoms with van der Waals surface area (Å²) in [7, 11) is 1.59. The zero-order chi connectivity index (χ0) is 20.1. The van der Waals surface area contributed by atoms with E-state index in [4.69, 9.17) is 4.74 Å². The molecule has 0 saturated carbocycles. The molecule has 9 heteroatoms. The van der Waals surface area contributed by atoms with Gasteiger partial charge in [-0.2, -0.15) is 0 Å². The average molecular weight is 404 g/mol. The zero-order valence-corrected chi connectivity index (χ0v) is 17.1. The molecule has 1 aliphatic heterocycles. The minimum atomic E-state index is -0.254. The number of benzene rings is 1. The fourth-order valence-electron chi connectivity index (χ4n) is 2.94. The molecule has 0 aliphatic carbocycles. The quantitative estimate of drug-likeness (QED) is 0.689. The molecule has 150 valence electrons. The highest BCUT2D eigenvalue weighted by atomic mass is 32.1. The first-order valence-electron chi connectivity index (χ1n) is 9.15. The molecule has 0 fully saturated rings. The number of aromatic nitrogens is 1. The molecule has 0 spiro atoms. The Morgan fingerprint density at radius 1 is 1.32 bits per heavy atom. The van der Waals surface area contributed by atoms with Crippen LogP contribution in [0.1, 0.15) is 24.4 Å². The molecule has 28 heavy (non-hydrogen) atoms. The highest BCUT2D eigenvalue weighted by Crippen LogP contribution is 2.28. The summed E-state index contributed by atoms with van der Waals surface area (Å²) in [6.07, 6.45) is 0.756. The predicted octanol–water partition coefficient (Wildman–Crippen LogP) is 2.68. The third kappa shape index (κ3) is 5.43. The molecular weight excluding hydrogens is 378 g/mol. The van der Waals surface area contributed by atoms with E-state index in [1.54, 1.807) is 13.2 Å². The number of hydrogen-bond donors (Lipinski definition) is 3. The first kappa shape index (κ1) is 20.1. The van der Waals surface area contributed by atoms with Crippen LogP contribution >= 0.6 is 11.3 Å². The van der Waals surface area contributed by atoms with Crippen molar-refractivity contribution in [3.63, 3.8) is 0 Å².